The summed E-state index contributed by atoms with van der Waals surface area (Å²) < 4.78 is 28.3. The van der Waals surface area contributed by atoms with Gasteiger partial charge in [-0.3, -0.25) is 0 Å². The fourth-order valence-electron chi connectivity index (χ4n) is 2.26. The molecule has 0 amide bonds. The summed E-state index contributed by atoms with van der Waals surface area (Å²) in [5.74, 6) is -0.650. The van der Waals surface area contributed by atoms with Gasteiger partial charge in [0.05, 0.1) is 6.61 Å². The highest BCUT2D eigenvalue weighted by molar-refractivity contribution is 7.80. The van der Waals surface area contributed by atoms with Gasteiger partial charge in [-0.2, -0.15) is 0 Å². The molecule has 0 aromatic carbocycles. The highest BCUT2D eigenvalue weighted by atomic mass is 32.1. The average Bonchev–Trinajstić information content (AvgIpc) is 2.64. The third-order valence-electron chi connectivity index (χ3n) is 3.07. The normalized spacial score (nSPS) is 36.7. The van der Waals surface area contributed by atoms with Gasteiger partial charge < -0.3 is 28.6 Å². The zero-order chi connectivity index (χ0) is 14.2. The quantitative estimate of drug-likeness (QED) is 0.695. The minimum Gasteiger partial charge on any atom is -0.459 e. The number of hydrogen-bond acceptors (Lipinski definition) is 6. The Hall–Kier alpha value is -0.470. The molecular weight excluding hydrogens is 270 g/mol. The van der Waals surface area contributed by atoms with Crippen LogP contribution in [0.5, 0.6) is 0 Å². The fourth-order valence-corrected chi connectivity index (χ4v) is 2.37. The van der Waals surface area contributed by atoms with Crippen LogP contribution in [0, 0.1) is 0 Å². The van der Waals surface area contributed by atoms with E-state index in [1.807, 2.05) is 27.9 Å². The summed E-state index contributed by atoms with van der Waals surface area (Å²) in [6, 6.07) is 0. The SMILES string of the molecule is COC1OCC2OC(C)(C)OC2C1OC(=S)N(C)C. The highest BCUT2D eigenvalue weighted by Crippen LogP contribution is 2.35. The molecule has 6 nitrogen and oxygen atoms in total. The minimum atomic E-state index is -0.650. The van der Waals surface area contributed by atoms with Crippen molar-refractivity contribution >= 4 is 17.4 Å². The lowest BCUT2D eigenvalue weighted by Crippen LogP contribution is -2.54. The Morgan fingerprint density at radius 2 is 2.00 bits per heavy atom. The molecule has 0 bridgehead atoms. The molecule has 0 aliphatic carbocycles. The summed E-state index contributed by atoms with van der Waals surface area (Å²) in [7, 11) is 5.21. The molecule has 0 radical (unpaired) electrons. The van der Waals surface area contributed by atoms with E-state index < -0.39 is 18.2 Å². The highest BCUT2D eigenvalue weighted by Gasteiger charge is 2.52. The number of hydrogen-bond donors (Lipinski definition) is 0. The number of thiocarbonyl (C=S) groups is 1. The first-order valence-electron chi connectivity index (χ1n) is 6.22. The van der Waals surface area contributed by atoms with Crippen LogP contribution in [0.1, 0.15) is 13.8 Å². The lowest BCUT2D eigenvalue weighted by Gasteiger charge is -2.37. The van der Waals surface area contributed by atoms with Crippen LogP contribution < -0.4 is 0 Å². The van der Waals surface area contributed by atoms with Crippen LogP contribution in [-0.4, -0.2) is 68.3 Å². The molecule has 0 aromatic rings. The molecule has 0 N–H and O–H groups in total. The van der Waals surface area contributed by atoms with Crippen LogP contribution in [-0.2, 0) is 23.7 Å². The Labute approximate surface area is 118 Å². The van der Waals surface area contributed by atoms with Gasteiger partial charge in [0.1, 0.15) is 12.2 Å². The van der Waals surface area contributed by atoms with Crippen molar-refractivity contribution in [2.75, 3.05) is 27.8 Å². The van der Waals surface area contributed by atoms with Crippen molar-refractivity contribution < 1.29 is 23.7 Å². The Bertz CT molecular complexity index is 349. The Kier molecular flexibility index (Phi) is 4.32. The van der Waals surface area contributed by atoms with E-state index in [1.54, 1.807) is 12.0 Å². The summed E-state index contributed by atoms with van der Waals surface area (Å²) in [6.07, 6.45) is -1.39. The van der Waals surface area contributed by atoms with Gasteiger partial charge in [-0.05, 0) is 26.1 Å². The average molecular weight is 291 g/mol. The summed E-state index contributed by atoms with van der Waals surface area (Å²) >= 11 is 5.17. The van der Waals surface area contributed by atoms with Crippen molar-refractivity contribution in [2.24, 2.45) is 0 Å². The lowest BCUT2D eigenvalue weighted by molar-refractivity contribution is -0.238. The van der Waals surface area contributed by atoms with E-state index in [0.29, 0.717) is 11.8 Å². The summed E-state index contributed by atoms with van der Waals surface area (Å²) in [5.41, 5.74) is 0. The maximum Gasteiger partial charge on any atom is 0.259 e. The third kappa shape index (κ3) is 3.17. The molecule has 2 aliphatic rings. The smallest absolute Gasteiger partial charge is 0.259 e. The summed E-state index contributed by atoms with van der Waals surface area (Å²) in [5, 5.41) is 0.365. The predicted molar refractivity (Wildman–Crippen MR) is 71.7 cm³/mol. The van der Waals surface area contributed by atoms with Crippen molar-refractivity contribution in [1.82, 2.24) is 4.90 Å². The first-order valence-corrected chi connectivity index (χ1v) is 6.63. The van der Waals surface area contributed by atoms with Crippen LogP contribution in [0.3, 0.4) is 0 Å². The molecule has 2 rings (SSSR count). The van der Waals surface area contributed by atoms with Crippen molar-refractivity contribution in [1.29, 1.82) is 0 Å². The molecule has 4 atom stereocenters. The molecule has 2 heterocycles. The molecule has 2 aliphatic heterocycles. The molecule has 110 valence electrons. The van der Waals surface area contributed by atoms with E-state index in [9.17, 15) is 0 Å². The van der Waals surface area contributed by atoms with Crippen LogP contribution in [0.15, 0.2) is 0 Å². The number of fused-ring (bicyclic) bond motifs is 1. The molecule has 0 saturated carbocycles. The Balaban J connectivity index is 2.13. The topological polar surface area (TPSA) is 49.4 Å². The molecule has 2 fully saturated rings. The second-order valence-electron chi connectivity index (χ2n) is 5.32. The van der Waals surface area contributed by atoms with Gasteiger partial charge in [0.15, 0.2) is 18.2 Å². The van der Waals surface area contributed by atoms with E-state index in [0.717, 1.165) is 0 Å². The molecule has 7 heteroatoms. The van der Waals surface area contributed by atoms with Gasteiger partial charge in [0.2, 0.25) is 0 Å². The maximum atomic E-state index is 5.89. The van der Waals surface area contributed by atoms with Crippen molar-refractivity contribution in [2.45, 2.75) is 44.2 Å². The number of methoxy groups -OCH3 is 1. The van der Waals surface area contributed by atoms with Crippen molar-refractivity contribution in [3.63, 3.8) is 0 Å². The van der Waals surface area contributed by atoms with Gasteiger partial charge in [-0.1, -0.05) is 0 Å². The van der Waals surface area contributed by atoms with Crippen LogP contribution in [0.2, 0.25) is 0 Å². The summed E-state index contributed by atoms with van der Waals surface area (Å²) in [6.45, 7) is 4.16. The van der Waals surface area contributed by atoms with Gasteiger partial charge in [0, 0.05) is 21.2 Å². The van der Waals surface area contributed by atoms with E-state index in [-0.39, 0.29) is 12.2 Å². The van der Waals surface area contributed by atoms with E-state index in [2.05, 4.69) is 0 Å². The predicted octanol–water partition coefficient (Wildman–Crippen LogP) is 0.741. The van der Waals surface area contributed by atoms with E-state index >= 15 is 0 Å². The number of nitrogens with zero attached hydrogens (tertiary/aromatic N) is 1. The van der Waals surface area contributed by atoms with Gasteiger partial charge in [0.25, 0.3) is 5.17 Å². The number of rotatable bonds is 2. The third-order valence-corrected chi connectivity index (χ3v) is 3.53. The second-order valence-corrected chi connectivity index (χ2v) is 5.67. The molecule has 4 unspecified atom stereocenters. The molecular formula is C12H21NO5S. The second kappa shape index (κ2) is 5.49. The van der Waals surface area contributed by atoms with Crippen LogP contribution in [0.4, 0.5) is 0 Å². The van der Waals surface area contributed by atoms with Crippen LogP contribution in [0.25, 0.3) is 0 Å². The monoisotopic (exact) mass is 291 g/mol. The fraction of sp³-hybridized carbons (Fsp3) is 0.917. The molecule has 2 saturated heterocycles. The van der Waals surface area contributed by atoms with E-state index in [4.69, 9.17) is 35.9 Å². The zero-order valence-corrected chi connectivity index (χ0v) is 12.7. The standard InChI is InChI=1S/C12H21NO5S/c1-12(2)17-7-6-15-10(14-5)9(8(7)18-12)16-11(19)13(3)4/h7-10H,6H2,1-5H3. The van der Waals surface area contributed by atoms with Gasteiger partial charge in [-0.25, -0.2) is 0 Å². The van der Waals surface area contributed by atoms with E-state index in [1.165, 1.54) is 0 Å². The maximum absolute atomic E-state index is 5.89. The first-order chi connectivity index (χ1) is 8.84. The van der Waals surface area contributed by atoms with Gasteiger partial charge in [-0.15, -0.1) is 0 Å². The summed E-state index contributed by atoms with van der Waals surface area (Å²) in [4.78, 5) is 1.71. The van der Waals surface area contributed by atoms with Crippen molar-refractivity contribution in [3.8, 4) is 0 Å². The molecule has 19 heavy (non-hydrogen) atoms. The zero-order valence-electron chi connectivity index (χ0n) is 11.9. The molecule has 0 aromatic heterocycles. The lowest BCUT2D eigenvalue weighted by atomic mass is 10.1. The minimum absolute atomic E-state index is 0.170. The van der Waals surface area contributed by atoms with Crippen LogP contribution >= 0.6 is 12.2 Å². The Morgan fingerprint density at radius 1 is 1.32 bits per heavy atom. The number of ether oxygens (including phenoxy) is 5. The van der Waals surface area contributed by atoms with Crippen molar-refractivity contribution in [3.05, 3.63) is 0 Å². The van der Waals surface area contributed by atoms with Gasteiger partial charge >= 0.3 is 0 Å². The molecule has 0 spiro atoms. The Morgan fingerprint density at radius 3 is 2.58 bits per heavy atom. The largest absolute Gasteiger partial charge is 0.459 e. The first kappa shape index (κ1) is 14.9.